The Hall–Kier alpha value is -0.200. The molecule has 0 radical (unpaired) electrons. The summed E-state index contributed by atoms with van der Waals surface area (Å²) < 4.78 is 22.9. The van der Waals surface area contributed by atoms with Crippen LogP contribution in [-0.2, 0) is 18.9 Å². The van der Waals surface area contributed by atoms with Gasteiger partial charge in [0.2, 0.25) is 0 Å². The van der Waals surface area contributed by atoms with E-state index in [9.17, 15) is 0 Å². The highest BCUT2D eigenvalue weighted by atomic mass is 79.9. The van der Waals surface area contributed by atoms with Crippen molar-refractivity contribution in [3.05, 3.63) is 23.3 Å². The Morgan fingerprint density at radius 1 is 1.03 bits per heavy atom. The second kappa shape index (κ2) is 9.58. The first kappa shape index (κ1) is 23.9. The van der Waals surface area contributed by atoms with Crippen LogP contribution in [0.4, 0.5) is 0 Å². The summed E-state index contributed by atoms with van der Waals surface area (Å²) in [5.74, 6) is 2.82. The van der Waals surface area contributed by atoms with Gasteiger partial charge in [-0.2, -0.15) is 0 Å². The molecular formula is C26H41BrO4. The number of alkyl halides is 1. The van der Waals surface area contributed by atoms with E-state index in [2.05, 4.69) is 48.9 Å². The summed E-state index contributed by atoms with van der Waals surface area (Å²) in [6.07, 6.45) is 12.3. The van der Waals surface area contributed by atoms with Gasteiger partial charge in [0.25, 0.3) is 0 Å². The zero-order chi connectivity index (χ0) is 22.2. The van der Waals surface area contributed by atoms with Crippen LogP contribution in [0.3, 0.4) is 0 Å². The molecule has 0 aliphatic heterocycles. The van der Waals surface area contributed by atoms with Crippen molar-refractivity contribution in [3.63, 3.8) is 0 Å². The minimum absolute atomic E-state index is 0.0238. The van der Waals surface area contributed by atoms with Crippen molar-refractivity contribution >= 4 is 15.9 Å². The van der Waals surface area contributed by atoms with Gasteiger partial charge in [-0.25, -0.2) is 0 Å². The van der Waals surface area contributed by atoms with Gasteiger partial charge in [-0.05, 0) is 61.2 Å². The lowest BCUT2D eigenvalue weighted by atomic mass is 9.49. The largest absolute Gasteiger partial charge is 0.359 e. The van der Waals surface area contributed by atoms with Crippen molar-refractivity contribution in [2.75, 3.05) is 33.1 Å². The molecule has 1 unspecified atom stereocenters. The van der Waals surface area contributed by atoms with E-state index >= 15 is 0 Å². The third-order valence-electron chi connectivity index (χ3n) is 9.41. The van der Waals surface area contributed by atoms with Crippen LogP contribution in [0.25, 0.3) is 0 Å². The minimum Gasteiger partial charge on any atom is -0.359 e. The van der Waals surface area contributed by atoms with Gasteiger partial charge in [-0.15, -0.1) is 0 Å². The maximum absolute atomic E-state index is 6.36. The summed E-state index contributed by atoms with van der Waals surface area (Å²) in [4.78, 5) is 0. The Morgan fingerprint density at radius 2 is 1.77 bits per heavy atom. The molecule has 0 saturated heterocycles. The fraction of sp³-hybridized carbons (Fsp3) is 0.846. The molecule has 5 heteroatoms. The Bertz CT molecular complexity index is 706. The topological polar surface area (TPSA) is 36.9 Å². The molecule has 8 atom stereocenters. The number of allylic oxidation sites excluding steroid dienone is 3. The average molecular weight is 498 g/mol. The Balaban J connectivity index is 1.65. The lowest BCUT2D eigenvalue weighted by Crippen LogP contribution is -2.53. The molecule has 0 aromatic carbocycles. The van der Waals surface area contributed by atoms with Crippen molar-refractivity contribution in [3.8, 4) is 0 Å². The predicted octanol–water partition coefficient (Wildman–Crippen LogP) is 6.10. The van der Waals surface area contributed by atoms with Gasteiger partial charge in [0.15, 0.2) is 0 Å². The summed E-state index contributed by atoms with van der Waals surface area (Å²) in [5.41, 5.74) is 3.64. The average Bonchev–Trinajstić information content (AvgIpc) is 3.13. The predicted molar refractivity (Wildman–Crippen MR) is 127 cm³/mol. The molecule has 0 bridgehead atoms. The Morgan fingerprint density at radius 3 is 2.48 bits per heavy atom. The van der Waals surface area contributed by atoms with Crippen LogP contribution < -0.4 is 0 Å². The van der Waals surface area contributed by atoms with Crippen LogP contribution in [0.1, 0.15) is 59.3 Å². The highest BCUT2D eigenvalue weighted by Crippen LogP contribution is 2.66. The normalized spacial score (nSPS) is 42.8. The van der Waals surface area contributed by atoms with Gasteiger partial charge in [0.1, 0.15) is 13.6 Å². The first-order valence-electron chi connectivity index (χ1n) is 12.1. The highest BCUT2D eigenvalue weighted by molar-refractivity contribution is 9.09. The standard InChI is InChI=1S/C26H41BrO4/c1-17(14-27)21-8-9-22-20-7-6-18-12-19(30-15-28-4)13-24(31-16-29-5)26(18,3)23(20)10-11-25(21,22)2/h6-7,17,19,21-24H,8-16H2,1-5H3/t17?,19-,21-,22+,23+,24+,25-,26+/m1/s1. The molecule has 3 saturated carbocycles. The quantitative estimate of drug-likeness (QED) is 0.300. The van der Waals surface area contributed by atoms with E-state index in [4.69, 9.17) is 18.9 Å². The summed E-state index contributed by atoms with van der Waals surface area (Å²) in [5, 5.41) is 1.11. The third-order valence-corrected chi connectivity index (χ3v) is 10.4. The Kier molecular flexibility index (Phi) is 7.40. The number of hydrogen-bond donors (Lipinski definition) is 0. The van der Waals surface area contributed by atoms with Crippen LogP contribution in [-0.4, -0.2) is 45.3 Å². The fourth-order valence-corrected chi connectivity index (χ4v) is 8.22. The van der Waals surface area contributed by atoms with Gasteiger partial charge < -0.3 is 18.9 Å². The molecule has 4 nitrogen and oxygen atoms in total. The molecule has 0 aromatic heterocycles. The fourth-order valence-electron chi connectivity index (χ4n) is 7.77. The monoisotopic (exact) mass is 496 g/mol. The molecule has 0 aromatic rings. The van der Waals surface area contributed by atoms with E-state index < -0.39 is 0 Å². The molecule has 4 aliphatic carbocycles. The molecule has 0 N–H and O–H groups in total. The van der Waals surface area contributed by atoms with Gasteiger partial charge in [-0.3, -0.25) is 0 Å². The molecule has 31 heavy (non-hydrogen) atoms. The first-order chi connectivity index (χ1) is 14.9. The summed E-state index contributed by atoms with van der Waals surface area (Å²) in [6.45, 7) is 8.15. The van der Waals surface area contributed by atoms with Crippen LogP contribution >= 0.6 is 15.9 Å². The van der Waals surface area contributed by atoms with E-state index in [-0.39, 0.29) is 17.6 Å². The first-order valence-corrected chi connectivity index (χ1v) is 13.2. The molecule has 3 fully saturated rings. The van der Waals surface area contributed by atoms with Crippen molar-refractivity contribution in [2.24, 2.45) is 34.5 Å². The molecule has 4 aliphatic rings. The Labute approximate surface area is 197 Å². The zero-order valence-electron chi connectivity index (χ0n) is 20.0. The minimum atomic E-state index is 0.0238. The van der Waals surface area contributed by atoms with E-state index in [1.807, 2.05) is 0 Å². The smallest absolute Gasteiger partial charge is 0.146 e. The maximum Gasteiger partial charge on any atom is 0.146 e. The van der Waals surface area contributed by atoms with Crippen molar-refractivity contribution in [1.82, 2.24) is 0 Å². The van der Waals surface area contributed by atoms with E-state index in [0.717, 1.165) is 30.0 Å². The van der Waals surface area contributed by atoms with Gasteiger partial charge in [0.05, 0.1) is 12.2 Å². The second-order valence-electron chi connectivity index (χ2n) is 10.8. The summed E-state index contributed by atoms with van der Waals surface area (Å²) >= 11 is 3.77. The molecule has 0 heterocycles. The second-order valence-corrected chi connectivity index (χ2v) is 11.5. The number of halogens is 1. The maximum atomic E-state index is 6.36. The zero-order valence-corrected chi connectivity index (χ0v) is 21.6. The van der Waals surface area contributed by atoms with E-state index in [1.54, 1.807) is 19.8 Å². The third kappa shape index (κ3) is 4.01. The number of hydrogen-bond acceptors (Lipinski definition) is 4. The van der Waals surface area contributed by atoms with Crippen molar-refractivity contribution in [2.45, 2.75) is 71.5 Å². The summed E-state index contributed by atoms with van der Waals surface area (Å²) in [7, 11) is 3.40. The van der Waals surface area contributed by atoms with Gasteiger partial charge in [-0.1, -0.05) is 60.0 Å². The van der Waals surface area contributed by atoms with Crippen LogP contribution in [0.5, 0.6) is 0 Å². The summed E-state index contributed by atoms with van der Waals surface area (Å²) in [6, 6.07) is 0. The molecule has 176 valence electrons. The number of rotatable bonds is 8. The van der Waals surface area contributed by atoms with Crippen LogP contribution in [0.15, 0.2) is 23.3 Å². The van der Waals surface area contributed by atoms with Crippen molar-refractivity contribution < 1.29 is 18.9 Å². The lowest BCUT2D eigenvalue weighted by Gasteiger charge is -2.57. The SMILES string of the molecule is COCO[C@@H]1CC2=CC=C3[C@@H]4CC[C@H](C(C)CBr)[C@@]4(C)CC[C@@H]3[C@@]2(C)[C@@H](OCOC)C1. The van der Waals surface area contributed by atoms with E-state index in [1.165, 1.54) is 31.3 Å². The number of methoxy groups -OCH3 is 2. The number of fused-ring (bicyclic) bond motifs is 5. The molecule has 0 spiro atoms. The van der Waals surface area contributed by atoms with Crippen LogP contribution in [0.2, 0.25) is 0 Å². The van der Waals surface area contributed by atoms with Crippen molar-refractivity contribution in [1.29, 1.82) is 0 Å². The highest BCUT2D eigenvalue weighted by Gasteiger charge is 2.59. The molecule has 0 amide bonds. The van der Waals surface area contributed by atoms with Crippen LogP contribution in [0, 0.1) is 34.5 Å². The van der Waals surface area contributed by atoms with Gasteiger partial charge >= 0.3 is 0 Å². The molecule has 4 rings (SSSR count). The molecular weight excluding hydrogens is 456 g/mol. The lowest BCUT2D eigenvalue weighted by molar-refractivity contribution is -0.163. The number of ether oxygens (including phenoxy) is 4. The van der Waals surface area contributed by atoms with Gasteiger partial charge in [0, 0.05) is 31.4 Å². The van der Waals surface area contributed by atoms with E-state index in [0.29, 0.717) is 30.8 Å².